The van der Waals surface area contributed by atoms with Crippen LogP contribution in [0.4, 0.5) is 5.82 Å². The highest BCUT2D eigenvalue weighted by atomic mass is 16.5. The number of hydrogen-bond acceptors (Lipinski definition) is 6. The van der Waals surface area contributed by atoms with E-state index in [1.165, 1.54) is 6.26 Å². The third-order valence-corrected chi connectivity index (χ3v) is 3.51. The molecule has 116 valence electrons. The molecule has 1 atom stereocenters. The van der Waals surface area contributed by atoms with Crippen LogP contribution in [0, 0.1) is 0 Å². The van der Waals surface area contributed by atoms with E-state index in [1.807, 2.05) is 19.0 Å². The minimum atomic E-state index is -0.108. The van der Waals surface area contributed by atoms with Crippen molar-refractivity contribution in [2.45, 2.75) is 12.5 Å². The van der Waals surface area contributed by atoms with E-state index in [1.54, 1.807) is 29.4 Å². The molecule has 22 heavy (non-hydrogen) atoms. The number of aromatic nitrogens is 2. The Balaban J connectivity index is 1.65. The van der Waals surface area contributed by atoms with Gasteiger partial charge in [-0.05, 0) is 12.1 Å². The Labute approximate surface area is 128 Å². The van der Waals surface area contributed by atoms with Gasteiger partial charge in [-0.1, -0.05) is 0 Å². The second kappa shape index (κ2) is 6.05. The molecule has 0 aliphatic carbocycles. The highest BCUT2D eigenvalue weighted by Gasteiger charge is 2.30. The lowest BCUT2D eigenvalue weighted by Crippen LogP contribution is -2.31. The molecule has 1 aliphatic heterocycles. The molecule has 7 nitrogen and oxygen atoms in total. The van der Waals surface area contributed by atoms with Gasteiger partial charge in [0.25, 0.3) is 11.8 Å². The average molecular weight is 302 g/mol. The summed E-state index contributed by atoms with van der Waals surface area (Å²) in [6, 6.07) is 3.38. The Kier molecular flexibility index (Phi) is 3.95. The third-order valence-electron chi connectivity index (χ3n) is 3.51. The molecule has 2 aromatic rings. The topological polar surface area (TPSA) is 71.7 Å². The Hall–Kier alpha value is -2.57. The van der Waals surface area contributed by atoms with Crippen molar-refractivity contribution in [2.24, 2.45) is 0 Å². The Morgan fingerprint density at radius 2 is 2.23 bits per heavy atom. The van der Waals surface area contributed by atoms with Gasteiger partial charge in [-0.25, -0.2) is 9.97 Å². The summed E-state index contributed by atoms with van der Waals surface area (Å²) in [4.78, 5) is 24.3. The predicted molar refractivity (Wildman–Crippen MR) is 80.0 cm³/mol. The zero-order chi connectivity index (χ0) is 15.5. The first-order valence-electron chi connectivity index (χ1n) is 7.13. The van der Waals surface area contributed by atoms with Crippen LogP contribution in [0.25, 0.3) is 0 Å². The number of ether oxygens (including phenoxy) is 1. The molecular formula is C15H18N4O3. The summed E-state index contributed by atoms with van der Waals surface area (Å²) in [6.45, 7) is 1.16. The number of furan rings is 1. The number of carbonyl (C=O) groups excluding carboxylic acids is 1. The van der Waals surface area contributed by atoms with Crippen molar-refractivity contribution in [1.82, 2.24) is 14.9 Å². The fraction of sp³-hybridized carbons (Fsp3) is 0.400. The summed E-state index contributed by atoms with van der Waals surface area (Å²) < 4.78 is 11.1. The SMILES string of the molecule is CN(C)c1nccnc1OC1CCN(C(=O)c2ccco2)C1. The number of rotatable bonds is 4. The fourth-order valence-electron chi connectivity index (χ4n) is 2.43. The van der Waals surface area contributed by atoms with E-state index in [2.05, 4.69) is 9.97 Å². The molecule has 0 spiro atoms. The van der Waals surface area contributed by atoms with Crippen molar-refractivity contribution in [3.8, 4) is 5.88 Å². The van der Waals surface area contributed by atoms with Gasteiger partial charge < -0.3 is 19.0 Å². The molecule has 0 N–H and O–H groups in total. The first-order chi connectivity index (χ1) is 10.6. The van der Waals surface area contributed by atoms with Crippen LogP contribution in [0.2, 0.25) is 0 Å². The van der Waals surface area contributed by atoms with E-state index in [4.69, 9.17) is 9.15 Å². The Bertz CT molecular complexity index is 642. The number of likely N-dealkylation sites (tertiary alicyclic amines) is 1. The lowest BCUT2D eigenvalue weighted by Gasteiger charge is -2.19. The minimum Gasteiger partial charge on any atom is -0.470 e. The molecule has 0 saturated carbocycles. The van der Waals surface area contributed by atoms with Crippen molar-refractivity contribution in [3.63, 3.8) is 0 Å². The van der Waals surface area contributed by atoms with Crippen LogP contribution in [0.5, 0.6) is 5.88 Å². The molecule has 0 bridgehead atoms. The maximum absolute atomic E-state index is 12.2. The number of carbonyl (C=O) groups is 1. The monoisotopic (exact) mass is 302 g/mol. The minimum absolute atomic E-state index is 0.0886. The van der Waals surface area contributed by atoms with Crippen LogP contribution in [-0.2, 0) is 0 Å². The lowest BCUT2D eigenvalue weighted by atomic mass is 10.3. The summed E-state index contributed by atoms with van der Waals surface area (Å²) in [5.74, 6) is 1.42. The first kappa shape index (κ1) is 14.4. The number of hydrogen-bond donors (Lipinski definition) is 0. The van der Waals surface area contributed by atoms with E-state index in [9.17, 15) is 4.79 Å². The van der Waals surface area contributed by atoms with Gasteiger partial charge in [0.05, 0.1) is 12.8 Å². The van der Waals surface area contributed by atoms with E-state index in [0.29, 0.717) is 30.5 Å². The molecule has 7 heteroatoms. The molecule has 3 heterocycles. The van der Waals surface area contributed by atoms with Gasteiger partial charge in [-0.3, -0.25) is 4.79 Å². The van der Waals surface area contributed by atoms with Crippen molar-refractivity contribution < 1.29 is 13.9 Å². The van der Waals surface area contributed by atoms with Crippen molar-refractivity contribution in [2.75, 3.05) is 32.1 Å². The third kappa shape index (κ3) is 2.88. The number of amides is 1. The molecule has 3 rings (SSSR count). The molecule has 1 saturated heterocycles. The van der Waals surface area contributed by atoms with E-state index in [0.717, 1.165) is 6.42 Å². The molecule has 0 radical (unpaired) electrons. The van der Waals surface area contributed by atoms with Gasteiger partial charge in [-0.2, -0.15) is 0 Å². The quantitative estimate of drug-likeness (QED) is 0.851. The first-order valence-corrected chi connectivity index (χ1v) is 7.13. The molecule has 1 unspecified atom stereocenters. The van der Waals surface area contributed by atoms with Crippen molar-refractivity contribution >= 4 is 11.7 Å². The molecule has 2 aromatic heterocycles. The summed E-state index contributed by atoms with van der Waals surface area (Å²) in [6.07, 6.45) is 5.40. The molecule has 0 aromatic carbocycles. The molecule has 1 fully saturated rings. The Morgan fingerprint density at radius 1 is 1.41 bits per heavy atom. The van der Waals surface area contributed by atoms with Crippen molar-refractivity contribution in [1.29, 1.82) is 0 Å². The van der Waals surface area contributed by atoms with E-state index < -0.39 is 0 Å². The highest BCUT2D eigenvalue weighted by molar-refractivity contribution is 5.91. The normalized spacial score (nSPS) is 17.5. The number of nitrogens with zero attached hydrogens (tertiary/aromatic N) is 4. The van der Waals surface area contributed by atoms with Gasteiger partial charge in [0.1, 0.15) is 6.10 Å². The van der Waals surface area contributed by atoms with Crippen LogP contribution < -0.4 is 9.64 Å². The van der Waals surface area contributed by atoms with E-state index in [-0.39, 0.29) is 12.0 Å². The van der Waals surface area contributed by atoms with Crippen LogP contribution >= 0.6 is 0 Å². The standard InChI is InChI=1S/C15H18N4O3/c1-18(2)13-14(17-7-6-16-13)22-11-5-8-19(10-11)15(20)12-4-3-9-21-12/h3-4,6-7,9,11H,5,8,10H2,1-2H3. The van der Waals surface area contributed by atoms with Crippen LogP contribution in [0.1, 0.15) is 17.0 Å². The maximum Gasteiger partial charge on any atom is 0.289 e. The number of anilines is 1. The van der Waals surface area contributed by atoms with Crippen LogP contribution in [-0.4, -0.2) is 54.1 Å². The average Bonchev–Trinajstić information content (AvgIpc) is 3.18. The molecule has 1 aliphatic rings. The second-order valence-electron chi connectivity index (χ2n) is 5.34. The summed E-state index contributed by atoms with van der Waals surface area (Å²) in [5, 5.41) is 0. The summed E-state index contributed by atoms with van der Waals surface area (Å²) in [5.41, 5.74) is 0. The zero-order valence-corrected chi connectivity index (χ0v) is 12.6. The van der Waals surface area contributed by atoms with Gasteiger partial charge in [0.2, 0.25) is 0 Å². The maximum atomic E-state index is 12.2. The molecule has 1 amide bonds. The fourth-order valence-corrected chi connectivity index (χ4v) is 2.43. The zero-order valence-electron chi connectivity index (χ0n) is 12.6. The van der Waals surface area contributed by atoms with Gasteiger partial charge in [-0.15, -0.1) is 0 Å². The van der Waals surface area contributed by atoms with Crippen molar-refractivity contribution in [3.05, 3.63) is 36.5 Å². The Morgan fingerprint density at radius 3 is 2.95 bits per heavy atom. The lowest BCUT2D eigenvalue weighted by molar-refractivity contribution is 0.0740. The smallest absolute Gasteiger partial charge is 0.289 e. The van der Waals surface area contributed by atoms with Crippen LogP contribution in [0.15, 0.2) is 35.2 Å². The summed E-state index contributed by atoms with van der Waals surface area (Å²) in [7, 11) is 3.77. The van der Waals surface area contributed by atoms with Gasteiger partial charge >= 0.3 is 0 Å². The second-order valence-corrected chi connectivity index (χ2v) is 5.34. The van der Waals surface area contributed by atoms with E-state index >= 15 is 0 Å². The molecular weight excluding hydrogens is 284 g/mol. The predicted octanol–water partition coefficient (Wildman–Crippen LogP) is 1.43. The van der Waals surface area contributed by atoms with Gasteiger partial charge in [0, 0.05) is 39.5 Å². The largest absolute Gasteiger partial charge is 0.470 e. The van der Waals surface area contributed by atoms with Gasteiger partial charge in [0.15, 0.2) is 11.6 Å². The highest BCUT2D eigenvalue weighted by Crippen LogP contribution is 2.24. The van der Waals surface area contributed by atoms with Crippen LogP contribution in [0.3, 0.4) is 0 Å². The summed E-state index contributed by atoms with van der Waals surface area (Å²) >= 11 is 0.